The standard InChI is InChI=1S/C34H40O3/c1-33(2,3)37-32(36)30-11-10-26-16-27(8-9-28(26)17-30)29-7-6-25(5-4-12-35)31(18-29)34-19-22-13-23(20-34)15-24(14-22)21-34/h6-11,16-18,22-24,35H,4-5,12-15,19-21H2,1-3H3. The molecule has 7 rings (SSSR count). The average molecular weight is 497 g/mol. The smallest absolute Gasteiger partial charge is 0.338 e. The van der Waals surface area contributed by atoms with Crippen LogP contribution in [0.2, 0.25) is 0 Å². The van der Waals surface area contributed by atoms with Gasteiger partial charge in [-0.1, -0.05) is 36.4 Å². The van der Waals surface area contributed by atoms with Crippen LogP contribution in [-0.4, -0.2) is 23.3 Å². The van der Waals surface area contributed by atoms with Gasteiger partial charge in [-0.05, 0) is 147 Å². The van der Waals surface area contributed by atoms with Gasteiger partial charge in [0, 0.05) is 6.61 Å². The van der Waals surface area contributed by atoms with E-state index in [0.717, 1.165) is 41.4 Å². The number of carbonyl (C=O) groups is 1. The van der Waals surface area contributed by atoms with Crippen molar-refractivity contribution in [1.82, 2.24) is 0 Å². The largest absolute Gasteiger partial charge is 0.456 e. The molecule has 194 valence electrons. The second-order valence-corrected chi connectivity index (χ2v) is 13.2. The highest BCUT2D eigenvalue weighted by Gasteiger charge is 2.52. The topological polar surface area (TPSA) is 46.5 Å². The summed E-state index contributed by atoms with van der Waals surface area (Å²) in [6.07, 6.45) is 10.2. The zero-order valence-corrected chi connectivity index (χ0v) is 22.6. The first-order chi connectivity index (χ1) is 17.7. The Labute approximate surface area is 221 Å². The van der Waals surface area contributed by atoms with Crippen LogP contribution in [0.4, 0.5) is 0 Å². The summed E-state index contributed by atoms with van der Waals surface area (Å²) in [5, 5.41) is 11.7. The third kappa shape index (κ3) is 4.83. The number of hydrogen-bond donors (Lipinski definition) is 1. The van der Waals surface area contributed by atoms with Crippen molar-refractivity contribution in [2.24, 2.45) is 17.8 Å². The zero-order valence-electron chi connectivity index (χ0n) is 22.6. The lowest BCUT2D eigenvalue weighted by molar-refractivity contribution is -0.00559. The molecule has 0 spiro atoms. The first kappa shape index (κ1) is 24.7. The van der Waals surface area contributed by atoms with Crippen molar-refractivity contribution in [3.63, 3.8) is 0 Å². The molecule has 4 saturated carbocycles. The minimum absolute atomic E-state index is 0.248. The van der Waals surface area contributed by atoms with E-state index in [1.54, 1.807) is 5.56 Å². The van der Waals surface area contributed by atoms with Gasteiger partial charge in [-0.25, -0.2) is 4.79 Å². The summed E-state index contributed by atoms with van der Waals surface area (Å²) in [7, 11) is 0. The third-order valence-corrected chi connectivity index (χ3v) is 9.13. The van der Waals surface area contributed by atoms with E-state index in [2.05, 4.69) is 36.4 Å². The second kappa shape index (κ2) is 9.27. The number of carbonyl (C=O) groups excluding carboxylic acids is 1. The number of aryl methyl sites for hydroxylation is 1. The Bertz CT molecular complexity index is 1290. The van der Waals surface area contributed by atoms with E-state index >= 15 is 0 Å². The molecule has 4 fully saturated rings. The van der Waals surface area contributed by atoms with E-state index in [1.807, 2.05) is 39.0 Å². The highest BCUT2D eigenvalue weighted by atomic mass is 16.6. The average Bonchev–Trinajstić information content (AvgIpc) is 2.85. The van der Waals surface area contributed by atoms with Gasteiger partial charge < -0.3 is 9.84 Å². The quantitative estimate of drug-likeness (QED) is 0.353. The molecule has 4 bridgehead atoms. The summed E-state index contributed by atoms with van der Waals surface area (Å²) in [6, 6.07) is 19.5. The van der Waals surface area contributed by atoms with Gasteiger partial charge in [0.25, 0.3) is 0 Å². The van der Waals surface area contributed by atoms with E-state index in [9.17, 15) is 9.90 Å². The maximum atomic E-state index is 12.6. The SMILES string of the molecule is CC(C)(C)OC(=O)c1ccc2cc(-c3ccc(CCCO)c(C45CC6CC(CC(C6)C4)C5)c3)ccc2c1. The molecule has 4 aliphatic carbocycles. The van der Waals surface area contributed by atoms with Gasteiger partial charge in [0.1, 0.15) is 5.60 Å². The fourth-order valence-corrected chi connectivity index (χ4v) is 8.07. The van der Waals surface area contributed by atoms with E-state index in [0.29, 0.717) is 11.0 Å². The highest BCUT2D eigenvalue weighted by molar-refractivity contribution is 5.96. The molecule has 3 heteroatoms. The lowest BCUT2D eigenvalue weighted by Gasteiger charge is -2.57. The van der Waals surface area contributed by atoms with Crippen LogP contribution in [0.5, 0.6) is 0 Å². The highest BCUT2D eigenvalue weighted by Crippen LogP contribution is 2.61. The van der Waals surface area contributed by atoms with Crippen LogP contribution in [0.1, 0.15) is 87.2 Å². The number of ether oxygens (including phenoxy) is 1. The zero-order chi connectivity index (χ0) is 25.8. The maximum absolute atomic E-state index is 12.6. The van der Waals surface area contributed by atoms with E-state index < -0.39 is 5.60 Å². The number of benzene rings is 3. The van der Waals surface area contributed by atoms with E-state index in [4.69, 9.17) is 4.74 Å². The number of aliphatic hydroxyl groups is 1. The minimum Gasteiger partial charge on any atom is -0.456 e. The van der Waals surface area contributed by atoms with Crippen LogP contribution in [0.15, 0.2) is 54.6 Å². The summed E-state index contributed by atoms with van der Waals surface area (Å²) in [4.78, 5) is 12.6. The maximum Gasteiger partial charge on any atom is 0.338 e. The van der Waals surface area contributed by atoms with Crippen molar-refractivity contribution in [3.8, 4) is 11.1 Å². The number of esters is 1. The summed E-state index contributed by atoms with van der Waals surface area (Å²) < 4.78 is 5.56. The lowest BCUT2D eigenvalue weighted by Crippen LogP contribution is -2.49. The molecule has 3 aromatic carbocycles. The molecule has 0 aromatic heterocycles. The molecule has 4 aliphatic rings. The summed E-state index contributed by atoms with van der Waals surface area (Å²) in [5.41, 5.74) is 5.92. The number of rotatable bonds is 6. The van der Waals surface area contributed by atoms with Crippen molar-refractivity contribution < 1.29 is 14.6 Å². The fraction of sp³-hybridized carbons (Fsp3) is 0.500. The van der Waals surface area contributed by atoms with Crippen LogP contribution in [-0.2, 0) is 16.6 Å². The molecular formula is C34H40O3. The molecule has 0 heterocycles. The lowest BCUT2D eigenvalue weighted by atomic mass is 9.47. The van der Waals surface area contributed by atoms with Gasteiger partial charge in [0.05, 0.1) is 5.56 Å². The molecule has 37 heavy (non-hydrogen) atoms. The molecular weight excluding hydrogens is 456 g/mol. The molecule has 0 amide bonds. The Morgan fingerprint density at radius 1 is 0.865 bits per heavy atom. The van der Waals surface area contributed by atoms with Crippen LogP contribution in [0.25, 0.3) is 21.9 Å². The monoisotopic (exact) mass is 496 g/mol. The van der Waals surface area contributed by atoms with Crippen molar-refractivity contribution in [2.75, 3.05) is 6.61 Å². The van der Waals surface area contributed by atoms with Gasteiger partial charge in [-0.15, -0.1) is 0 Å². The second-order valence-electron chi connectivity index (χ2n) is 13.2. The summed E-state index contributed by atoms with van der Waals surface area (Å²) >= 11 is 0. The molecule has 0 radical (unpaired) electrons. The van der Waals surface area contributed by atoms with Gasteiger partial charge >= 0.3 is 5.97 Å². The molecule has 3 nitrogen and oxygen atoms in total. The Kier molecular flexibility index (Phi) is 6.18. The van der Waals surface area contributed by atoms with Crippen molar-refractivity contribution in [2.45, 2.75) is 83.2 Å². The van der Waals surface area contributed by atoms with Gasteiger partial charge in [0.15, 0.2) is 0 Å². The molecule has 1 N–H and O–H groups in total. The van der Waals surface area contributed by atoms with Gasteiger partial charge in [-0.2, -0.15) is 0 Å². The number of fused-ring (bicyclic) bond motifs is 1. The van der Waals surface area contributed by atoms with Crippen molar-refractivity contribution in [1.29, 1.82) is 0 Å². The predicted molar refractivity (Wildman–Crippen MR) is 150 cm³/mol. The third-order valence-electron chi connectivity index (χ3n) is 9.13. The first-order valence-corrected chi connectivity index (χ1v) is 14.2. The molecule has 0 unspecified atom stereocenters. The Hall–Kier alpha value is -2.65. The van der Waals surface area contributed by atoms with Crippen molar-refractivity contribution >= 4 is 16.7 Å². The normalized spacial score (nSPS) is 26.5. The van der Waals surface area contributed by atoms with E-state index in [1.165, 1.54) is 55.2 Å². The fourth-order valence-electron chi connectivity index (χ4n) is 8.07. The summed E-state index contributed by atoms with van der Waals surface area (Å²) in [6.45, 7) is 5.93. The Morgan fingerprint density at radius 3 is 2.11 bits per heavy atom. The summed E-state index contributed by atoms with van der Waals surface area (Å²) in [5.74, 6) is 2.43. The molecule has 0 atom stereocenters. The van der Waals surface area contributed by atoms with Crippen LogP contribution >= 0.6 is 0 Å². The van der Waals surface area contributed by atoms with E-state index in [-0.39, 0.29) is 12.6 Å². The molecule has 0 saturated heterocycles. The Balaban J connectivity index is 1.35. The molecule has 3 aromatic rings. The number of hydrogen-bond acceptors (Lipinski definition) is 3. The van der Waals surface area contributed by atoms with Gasteiger partial charge in [-0.3, -0.25) is 0 Å². The molecule has 0 aliphatic heterocycles. The predicted octanol–water partition coefficient (Wildman–Crippen LogP) is 7.85. The van der Waals surface area contributed by atoms with Crippen LogP contribution in [0, 0.1) is 17.8 Å². The van der Waals surface area contributed by atoms with Crippen LogP contribution < -0.4 is 0 Å². The Morgan fingerprint density at radius 2 is 1.46 bits per heavy atom. The van der Waals surface area contributed by atoms with Crippen LogP contribution in [0.3, 0.4) is 0 Å². The minimum atomic E-state index is -0.506. The number of aliphatic hydroxyl groups excluding tert-OH is 1. The van der Waals surface area contributed by atoms with Crippen molar-refractivity contribution in [3.05, 3.63) is 71.3 Å². The first-order valence-electron chi connectivity index (χ1n) is 14.2. The van der Waals surface area contributed by atoms with Gasteiger partial charge in [0.2, 0.25) is 0 Å².